The molecule has 3 heterocycles. The minimum atomic E-state index is -0.913. The van der Waals surface area contributed by atoms with Crippen molar-refractivity contribution in [2.75, 3.05) is 6.54 Å². The van der Waals surface area contributed by atoms with E-state index in [0.29, 0.717) is 18.7 Å². The number of H-pyrrole nitrogens is 1. The zero-order valence-corrected chi connectivity index (χ0v) is 14.9. The number of aromatic amines is 1. The zero-order valence-electron chi connectivity index (χ0n) is 14.9. The van der Waals surface area contributed by atoms with Crippen LogP contribution in [0.1, 0.15) is 22.9 Å². The molecule has 0 aliphatic carbocycles. The summed E-state index contributed by atoms with van der Waals surface area (Å²) in [5.41, 5.74) is 6.62. The van der Waals surface area contributed by atoms with Gasteiger partial charge in [-0.15, -0.1) is 0 Å². The molecule has 2 aromatic heterocycles. The minimum absolute atomic E-state index is 0.0640. The summed E-state index contributed by atoms with van der Waals surface area (Å²) in [6.07, 6.45) is 0.561. The van der Waals surface area contributed by atoms with Crippen LogP contribution in [0.5, 0.6) is 5.88 Å². The normalized spacial score (nSPS) is 16.5. The van der Waals surface area contributed by atoms with Gasteiger partial charge >= 0.3 is 11.7 Å². The van der Waals surface area contributed by atoms with E-state index < -0.39 is 29.2 Å². The number of hydrogen-bond acceptors (Lipinski definition) is 4. The summed E-state index contributed by atoms with van der Waals surface area (Å²) in [6, 6.07) is 6.03. The van der Waals surface area contributed by atoms with Crippen LogP contribution in [0.3, 0.4) is 0 Å². The highest BCUT2D eigenvalue weighted by Gasteiger charge is 2.38. The molecule has 1 aliphatic rings. The Morgan fingerprint density at radius 1 is 1.22 bits per heavy atom. The number of aromatic nitrogens is 3. The monoisotopic (exact) mass is 369 g/mol. The second-order valence-corrected chi connectivity index (χ2v) is 6.69. The van der Waals surface area contributed by atoms with Crippen molar-refractivity contribution in [3.63, 3.8) is 0 Å². The van der Waals surface area contributed by atoms with Crippen LogP contribution in [-0.2, 0) is 20.5 Å². The maximum absolute atomic E-state index is 12.9. The van der Waals surface area contributed by atoms with Gasteiger partial charge in [0.25, 0.3) is 5.56 Å². The number of nitrogens with one attached hydrogen (secondary N) is 1. The number of para-hydroxylation sites is 1. The Hall–Kier alpha value is -3.49. The molecule has 1 atom stereocenters. The lowest BCUT2D eigenvalue weighted by Crippen LogP contribution is -2.47. The van der Waals surface area contributed by atoms with Gasteiger partial charge in [-0.05, 0) is 18.1 Å². The number of primary amides is 1. The van der Waals surface area contributed by atoms with Gasteiger partial charge in [-0.1, -0.05) is 18.2 Å². The molecule has 3 aromatic rings. The molecule has 27 heavy (non-hydrogen) atoms. The first kappa shape index (κ1) is 17.0. The number of urea groups is 1. The Bertz CT molecular complexity index is 1200. The summed E-state index contributed by atoms with van der Waals surface area (Å²) >= 11 is 0. The molecular weight excluding hydrogens is 350 g/mol. The molecule has 1 unspecified atom stereocenters. The van der Waals surface area contributed by atoms with Crippen molar-refractivity contribution in [1.82, 2.24) is 19.0 Å². The average molecular weight is 369 g/mol. The highest BCUT2D eigenvalue weighted by molar-refractivity contribution is 5.86. The van der Waals surface area contributed by atoms with Crippen LogP contribution in [0.2, 0.25) is 0 Å². The van der Waals surface area contributed by atoms with E-state index in [-0.39, 0.29) is 5.56 Å². The van der Waals surface area contributed by atoms with Crippen LogP contribution < -0.4 is 17.0 Å². The molecule has 4 N–H and O–H groups in total. The van der Waals surface area contributed by atoms with Gasteiger partial charge in [0.15, 0.2) is 0 Å². The van der Waals surface area contributed by atoms with Crippen LogP contribution in [0.15, 0.2) is 33.9 Å². The van der Waals surface area contributed by atoms with Gasteiger partial charge in [-0.2, -0.15) is 0 Å². The molecule has 9 nitrogen and oxygen atoms in total. The van der Waals surface area contributed by atoms with Crippen molar-refractivity contribution >= 4 is 16.9 Å². The van der Waals surface area contributed by atoms with Crippen LogP contribution in [-0.4, -0.2) is 36.7 Å². The molecule has 140 valence electrons. The predicted octanol–water partition coefficient (Wildman–Crippen LogP) is 0.297. The fourth-order valence-corrected chi connectivity index (χ4v) is 3.88. The maximum atomic E-state index is 12.9. The van der Waals surface area contributed by atoms with E-state index in [2.05, 4.69) is 4.98 Å². The van der Waals surface area contributed by atoms with E-state index in [1.807, 2.05) is 24.3 Å². The number of benzene rings is 1. The summed E-state index contributed by atoms with van der Waals surface area (Å²) in [6.45, 7) is 0.292. The van der Waals surface area contributed by atoms with Gasteiger partial charge in [0.2, 0.25) is 5.88 Å². The number of carbonyl (C=O) groups is 1. The fraction of sp³-hybridized carbons (Fsp3) is 0.278. The third kappa shape index (κ3) is 2.28. The SMILES string of the molecule is Cn1c(O)c(C2c3[nH]c4ccccc4c3CCN2C(N)=O)c(=O)n(C)c1=O. The van der Waals surface area contributed by atoms with Gasteiger partial charge in [0.05, 0.1) is 0 Å². The van der Waals surface area contributed by atoms with Crippen LogP contribution in [0, 0.1) is 0 Å². The Morgan fingerprint density at radius 2 is 1.93 bits per heavy atom. The van der Waals surface area contributed by atoms with Gasteiger partial charge in [-0.3, -0.25) is 13.9 Å². The van der Waals surface area contributed by atoms with Gasteiger partial charge in [0, 0.05) is 37.2 Å². The van der Waals surface area contributed by atoms with Gasteiger partial charge in [0.1, 0.15) is 11.6 Å². The zero-order chi connectivity index (χ0) is 19.5. The second kappa shape index (κ2) is 5.76. The number of fused-ring (bicyclic) bond motifs is 3. The number of hydrogen-bond donors (Lipinski definition) is 3. The van der Waals surface area contributed by atoms with Crippen LogP contribution in [0.4, 0.5) is 4.79 Å². The summed E-state index contributed by atoms with van der Waals surface area (Å²) in [5.74, 6) is -0.481. The first-order valence-electron chi connectivity index (χ1n) is 8.47. The topological polar surface area (TPSA) is 126 Å². The van der Waals surface area contributed by atoms with Crippen molar-refractivity contribution in [1.29, 1.82) is 0 Å². The summed E-state index contributed by atoms with van der Waals surface area (Å²) < 4.78 is 1.89. The maximum Gasteiger partial charge on any atom is 0.333 e. The summed E-state index contributed by atoms with van der Waals surface area (Å²) in [4.78, 5) is 41.6. The second-order valence-electron chi connectivity index (χ2n) is 6.69. The lowest BCUT2D eigenvalue weighted by atomic mass is 9.93. The first-order chi connectivity index (χ1) is 12.8. The highest BCUT2D eigenvalue weighted by Crippen LogP contribution is 2.39. The lowest BCUT2D eigenvalue weighted by Gasteiger charge is -2.34. The standard InChI is InChI=1S/C18H19N5O4/c1-21-15(24)12(16(25)22(2)18(21)27)14-13-10(7-8-23(14)17(19)26)9-5-3-4-6-11(9)20-13/h3-6,14,20,24H,7-8H2,1-2H3,(H2,19,26). The molecular formula is C18H19N5O4. The van der Waals surface area contributed by atoms with Gasteiger partial charge < -0.3 is 20.7 Å². The average Bonchev–Trinajstić information content (AvgIpc) is 3.04. The molecule has 0 saturated carbocycles. The molecule has 0 saturated heterocycles. The van der Waals surface area contributed by atoms with E-state index in [1.54, 1.807) is 0 Å². The van der Waals surface area contributed by atoms with Crippen molar-refractivity contribution in [3.05, 3.63) is 61.9 Å². The van der Waals surface area contributed by atoms with Crippen molar-refractivity contribution in [3.8, 4) is 5.88 Å². The van der Waals surface area contributed by atoms with Crippen LogP contribution >= 0.6 is 0 Å². The first-order valence-corrected chi connectivity index (χ1v) is 8.47. The molecule has 4 rings (SSSR count). The molecule has 0 bridgehead atoms. The van der Waals surface area contributed by atoms with Crippen LogP contribution in [0.25, 0.3) is 10.9 Å². The summed E-state index contributed by atoms with van der Waals surface area (Å²) in [7, 11) is 2.70. The number of rotatable bonds is 1. The van der Waals surface area contributed by atoms with Gasteiger partial charge in [-0.25, -0.2) is 9.59 Å². The number of nitrogens with zero attached hydrogens (tertiary/aromatic N) is 3. The molecule has 1 aromatic carbocycles. The molecule has 0 fully saturated rings. The smallest absolute Gasteiger partial charge is 0.333 e. The van der Waals surface area contributed by atoms with E-state index in [9.17, 15) is 19.5 Å². The van der Waals surface area contributed by atoms with Crippen molar-refractivity contribution < 1.29 is 9.90 Å². The van der Waals surface area contributed by atoms with Crippen molar-refractivity contribution in [2.24, 2.45) is 19.8 Å². The highest BCUT2D eigenvalue weighted by atomic mass is 16.3. The van der Waals surface area contributed by atoms with E-state index in [0.717, 1.165) is 25.6 Å². The van der Waals surface area contributed by atoms with Crippen molar-refractivity contribution in [2.45, 2.75) is 12.5 Å². The number of amides is 2. The largest absolute Gasteiger partial charge is 0.494 e. The number of aromatic hydroxyl groups is 1. The fourth-order valence-electron chi connectivity index (χ4n) is 3.88. The molecule has 0 radical (unpaired) electrons. The molecule has 9 heteroatoms. The van der Waals surface area contributed by atoms with E-state index in [4.69, 9.17) is 5.73 Å². The molecule has 0 spiro atoms. The minimum Gasteiger partial charge on any atom is -0.494 e. The quantitative estimate of drug-likeness (QED) is 0.570. The Balaban J connectivity index is 2.08. The Labute approximate surface area is 153 Å². The number of nitrogens with two attached hydrogens (primary N) is 1. The Morgan fingerprint density at radius 3 is 2.63 bits per heavy atom. The van der Waals surface area contributed by atoms with E-state index in [1.165, 1.54) is 19.0 Å². The molecule has 2 amide bonds. The predicted molar refractivity (Wildman–Crippen MR) is 98.7 cm³/mol. The number of carbonyl (C=O) groups excluding carboxylic acids is 1. The third-order valence-electron chi connectivity index (χ3n) is 5.26. The summed E-state index contributed by atoms with van der Waals surface area (Å²) in [5, 5.41) is 11.6. The Kier molecular flexibility index (Phi) is 3.62. The molecule has 1 aliphatic heterocycles. The lowest BCUT2D eigenvalue weighted by molar-refractivity contribution is 0.186. The van der Waals surface area contributed by atoms with E-state index >= 15 is 0 Å². The third-order valence-corrected chi connectivity index (χ3v) is 5.26.